The van der Waals surface area contributed by atoms with Gasteiger partial charge in [-0.15, -0.1) is 0 Å². The lowest BCUT2D eigenvalue weighted by Crippen LogP contribution is -2.24. The molecule has 0 spiro atoms. The summed E-state index contributed by atoms with van der Waals surface area (Å²) in [6.07, 6.45) is 7.52. The van der Waals surface area contributed by atoms with Crippen LogP contribution in [0.15, 0.2) is 18.2 Å². The van der Waals surface area contributed by atoms with Crippen molar-refractivity contribution in [2.24, 2.45) is 5.92 Å². The maximum absolute atomic E-state index is 10.1. The molecule has 0 amide bonds. The summed E-state index contributed by atoms with van der Waals surface area (Å²) in [6, 6.07) is 5.61. The molecule has 2 rings (SSSR count). The van der Waals surface area contributed by atoms with Gasteiger partial charge in [0.25, 0.3) is 0 Å². The second kappa shape index (κ2) is 5.85. The Morgan fingerprint density at radius 1 is 1.16 bits per heavy atom. The van der Waals surface area contributed by atoms with E-state index in [4.69, 9.17) is 4.74 Å². The van der Waals surface area contributed by atoms with Crippen molar-refractivity contribution in [3.63, 3.8) is 0 Å². The van der Waals surface area contributed by atoms with Gasteiger partial charge in [0, 0.05) is 5.56 Å². The number of rotatable bonds is 3. The Kier molecular flexibility index (Phi) is 4.38. The third-order valence-corrected chi connectivity index (χ3v) is 3.74. The fourth-order valence-corrected chi connectivity index (χ4v) is 2.86. The van der Waals surface area contributed by atoms with Gasteiger partial charge in [0.15, 0.2) is 0 Å². The average molecular weight is 262 g/mol. The summed E-state index contributed by atoms with van der Waals surface area (Å²) in [5, 5.41) is 10.1. The summed E-state index contributed by atoms with van der Waals surface area (Å²) in [7, 11) is 0. The molecule has 0 atom stereocenters. The number of benzene rings is 1. The molecule has 1 fully saturated rings. The predicted octanol–water partition coefficient (Wildman–Crippen LogP) is 4.69. The zero-order valence-corrected chi connectivity index (χ0v) is 12.4. The van der Waals surface area contributed by atoms with Crippen LogP contribution in [-0.4, -0.2) is 10.7 Å². The van der Waals surface area contributed by atoms with E-state index in [0.717, 1.165) is 17.7 Å². The molecule has 19 heavy (non-hydrogen) atoms. The molecular formula is C17H26O2. The summed E-state index contributed by atoms with van der Waals surface area (Å²) in [6.45, 7) is 6.13. The van der Waals surface area contributed by atoms with Crippen LogP contribution < -0.4 is 4.74 Å². The molecule has 2 heteroatoms. The fourth-order valence-electron chi connectivity index (χ4n) is 2.86. The first-order valence-electron chi connectivity index (χ1n) is 7.45. The molecule has 1 aromatic rings. The van der Waals surface area contributed by atoms with Gasteiger partial charge in [-0.25, -0.2) is 0 Å². The van der Waals surface area contributed by atoms with Crippen molar-refractivity contribution in [1.29, 1.82) is 0 Å². The van der Waals surface area contributed by atoms with Crippen LogP contribution in [0.3, 0.4) is 0 Å². The standard InChI is InChI=1S/C17H26O2/c1-17(2,3)19-16-11-7-10-15(18)14(16)12-13-8-5-4-6-9-13/h7,10-11,13,18H,4-6,8-9,12H2,1-3H3. The van der Waals surface area contributed by atoms with Crippen LogP contribution in [0.1, 0.15) is 58.4 Å². The Labute approximate surface area is 116 Å². The lowest BCUT2D eigenvalue weighted by atomic mass is 9.84. The Balaban J connectivity index is 2.17. The van der Waals surface area contributed by atoms with Crippen LogP contribution in [0.4, 0.5) is 0 Å². The lowest BCUT2D eigenvalue weighted by molar-refractivity contribution is 0.128. The Morgan fingerprint density at radius 3 is 2.47 bits per heavy atom. The highest BCUT2D eigenvalue weighted by Crippen LogP contribution is 2.35. The van der Waals surface area contributed by atoms with Crippen molar-refractivity contribution in [1.82, 2.24) is 0 Å². The molecule has 0 unspecified atom stereocenters. The first kappa shape index (κ1) is 14.2. The summed E-state index contributed by atoms with van der Waals surface area (Å²) in [5.74, 6) is 1.93. The molecule has 0 saturated heterocycles. The number of phenols is 1. The van der Waals surface area contributed by atoms with Crippen LogP contribution >= 0.6 is 0 Å². The molecule has 0 heterocycles. The molecule has 0 aliphatic heterocycles. The molecule has 0 radical (unpaired) electrons. The average Bonchev–Trinajstić information content (AvgIpc) is 2.33. The second-order valence-corrected chi connectivity index (χ2v) is 6.68. The molecule has 1 saturated carbocycles. The Morgan fingerprint density at radius 2 is 1.84 bits per heavy atom. The van der Waals surface area contributed by atoms with Crippen molar-refractivity contribution in [3.8, 4) is 11.5 Å². The molecule has 0 aromatic heterocycles. The van der Waals surface area contributed by atoms with E-state index >= 15 is 0 Å². The van der Waals surface area contributed by atoms with Gasteiger partial charge in [-0.05, 0) is 45.2 Å². The minimum Gasteiger partial charge on any atom is -0.508 e. The van der Waals surface area contributed by atoms with Crippen molar-refractivity contribution in [3.05, 3.63) is 23.8 Å². The van der Waals surface area contributed by atoms with Gasteiger partial charge in [0.05, 0.1) is 0 Å². The third kappa shape index (κ3) is 4.15. The second-order valence-electron chi connectivity index (χ2n) is 6.68. The van der Waals surface area contributed by atoms with E-state index in [0.29, 0.717) is 11.7 Å². The maximum atomic E-state index is 10.1. The minimum atomic E-state index is -0.227. The normalized spacial score (nSPS) is 17.4. The largest absolute Gasteiger partial charge is 0.508 e. The summed E-state index contributed by atoms with van der Waals surface area (Å²) < 4.78 is 6.00. The van der Waals surface area contributed by atoms with Crippen LogP contribution in [0.25, 0.3) is 0 Å². The van der Waals surface area contributed by atoms with Crippen LogP contribution in [-0.2, 0) is 6.42 Å². The topological polar surface area (TPSA) is 29.5 Å². The first-order valence-corrected chi connectivity index (χ1v) is 7.45. The summed E-state index contributed by atoms with van der Waals surface area (Å²) >= 11 is 0. The van der Waals surface area contributed by atoms with Crippen molar-refractivity contribution >= 4 is 0 Å². The summed E-state index contributed by atoms with van der Waals surface area (Å²) in [4.78, 5) is 0. The zero-order chi connectivity index (χ0) is 13.9. The number of hydrogen-bond acceptors (Lipinski definition) is 2. The SMILES string of the molecule is CC(C)(C)Oc1cccc(O)c1CC1CCCCC1. The van der Waals surface area contributed by atoms with Gasteiger partial charge >= 0.3 is 0 Å². The maximum Gasteiger partial charge on any atom is 0.126 e. The van der Waals surface area contributed by atoms with Crippen molar-refractivity contribution in [2.75, 3.05) is 0 Å². The van der Waals surface area contributed by atoms with E-state index in [1.165, 1.54) is 32.1 Å². The smallest absolute Gasteiger partial charge is 0.126 e. The van der Waals surface area contributed by atoms with Gasteiger partial charge in [-0.1, -0.05) is 38.2 Å². The van der Waals surface area contributed by atoms with E-state index in [1.807, 2.05) is 32.9 Å². The van der Waals surface area contributed by atoms with Crippen LogP contribution in [0.2, 0.25) is 0 Å². The molecule has 1 aliphatic carbocycles. The summed E-state index contributed by atoms with van der Waals surface area (Å²) in [5.41, 5.74) is 0.763. The molecule has 106 valence electrons. The van der Waals surface area contributed by atoms with Gasteiger partial charge in [-0.2, -0.15) is 0 Å². The van der Waals surface area contributed by atoms with Crippen molar-refractivity contribution in [2.45, 2.75) is 64.9 Å². The lowest BCUT2D eigenvalue weighted by Gasteiger charge is -2.26. The minimum absolute atomic E-state index is 0.227. The monoisotopic (exact) mass is 262 g/mol. The molecular weight excluding hydrogens is 236 g/mol. The Bertz CT molecular complexity index is 412. The number of phenolic OH excluding ortho intramolecular Hbond substituents is 1. The number of aromatic hydroxyl groups is 1. The first-order chi connectivity index (χ1) is 8.96. The van der Waals surface area contributed by atoms with Crippen LogP contribution in [0.5, 0.6) is 11.5 Å². The molecule has 1 aromatic carbocycles. The quantitative estimate of drug-likeness (QED) is 0.856. The van der Waals surface area contributed by atoms with E-state index in [9.17, 15) is 5.11 Å². The highest BCUT2D eigenvalue weighted by atomic mass is 16.5. The van der Waals surface area contributed by atoms with E-state index < -0.39 is 0 Å². The van der Waals surface area contributed by atoms with Crippen molar-refractivity contribution < 1.29 is 9.84 Å². The van der Waals surface area contributed by atoms with E-state index in [2.05, 4.69) is 0 Å². The molecule has 2 nitrogen and oxygen atoms in total. The number of ether oxygens (including phenoxy) is 1. The van der Waals surface area contributed by atoms with Gasteiger partial charge in [-0.3, -0.25) is 0 Å². The molecule has 1 N–H and O–H groups in total. The third-order valence-electron chi connectivity index (χ3n) is 3.74. The molecule has 1 aliphatic rings. The van der Waals surface area contributed by atoms with Crippen LogP contribution in [0, 0.1) is 5.92 Å². The van der Waals surface area contributed by atoms with Gasteiger partial charge in [0.2, 0.25) is 0 Å². The highest BCUT2D eigenvalue weighted by Gasteiger charge is 2.21. The predicted molar refractivity (Wildman–Crippen MR) is 78.8 cm³/mol. The zero-order valence-electron chi connectivity index (χ0n) is 12.4. The van der Waals surface area contributed by atoms with Gasteiger partial charge < -0.3 is 9.84 Å². The van der Waals surface area contributed by atoms with E-state index in [1.54, 1.807) is 6.07 Å². The van der Waals surface area contributed by atoms with E-state index in [-0.39, 0.29) is 5.60 Å². The molecule has 0 bridgehead atoms. The van der Waals surface area contributed by atoms with Gasteiger partial charge in [0.1, 0.15) is 17.1 Å². The Hall–Kier alpha value is -1.18. The highest BCUT2D eigenvalue weighted by molar-refractivity contribution is 5.44. The fraction of sp³-hybridized carbons (Fsp3) is 0.647. The number of hydrogen-bond donors (Lipinski definition) is 1.